The van der Waals surface area contributed by atoms with Crippen LogP contribution in [0, 0.1) is 0 Å². The molecule has 0 aliphatic rings. The number of rotatable bonds is 5. The number of aliphatic hydroxyl groups is 1. The Labute approximate surface area is 118 Å². The number of phenols is 2. The number of hydrogen-bond donors (Lipinski definition) is 3. The molecule has 0 fully saturated rings. The maximum Gasteiger partial charge on any atom is 0.157 e. The van der Waals surface area contributed by atoms with E-state index >= 15 is 0 Å². The van der Waals surface area contributed by atoms with Crippen LogP contribution in [0.15, 0.2) is 48.5 Å². The van der Waals surface area contributed by atoms with Gasteiger partial charge in [0.2, 0.25) is 0 Å². The molecule has 0 amide bonds. The Kier molecular flexibility index (Phi) is 4.48. The normalized spacial score (nSPS) is 12.1. The van der Waals surface area contributed by atoms with Gasteiger partial charge in [-0.25, -0.2) is 0 Å². The average molecular weight is 273 g/mol. The van der Waals surface area contributed by atoms with Gasteiger partial charge in [-0.05, 0) is 36.8 Å². The molecule has 3 N–H and O–H groups in total. The molecule has 1 unspecified atom stereocenters. The van der Waals surface area contributed by atoms with Crippen molar-refractivity contribution in [3.8, 4) is 11.5 Å². The second-order valence-corrected chi connectivity index (χ2v) is 4.63. The molecule has 2 rings (SSSR count). The summed E-state index contributed by atoms with van der Waals surface area (Å²) in [5.41, 5.74) is 1.72. The number of aromatic hydroxyl groups is 2. The van der Waals surface area contributed by atoms with Crippen LogP contribution in [-0.4, -0.2) is 28.1 Å². The molecule has 106 valence electrons. The third kappa shape index (κ3) is 3.22. The summed E-state index contributed by atoms with van der Waals surface area (Å²) < 4.78 is 0. The molecule has 0 aromatic heterocycles. The number of anilines is 1. The van der Waals surface area contributed by atoms with Gasteiger partial charge < -0.3 is 20.2 Å². The fourth-order valence-corrected chi connectivity index (χ4v) is 2.20. The van der Waals surface area contributed by atoms with Crippen molar-refractivity contribution < 1.29 is 15.3 Å². The Balaban J connectivity index is 2.13. The summed E-state index contributed by atoms with van der Waals surface area (Å²) in [7, 11) is 0. The smallest absolute Gasteiger partial charge is 0.157 e. The maximum atomic E-state index is 10.4. The first-order chi connectivity index (χ1) is 9.61. The van der Waals surface area contributed by atoms with Crippen LogP contribution >= 0.6 is 0 Å². The fourth-order valence-electron chi connectivity index (χ4n) is 2.20. The lowest BCUT2D eigenvalue weighted by Crippen LogP contribution is -2.36. The highest BCUT2D eigenvalue weighted by atomic mass is 16.3. The quantitative estimate of drug-likeness (QED) is 0.578. The Morgan fingerprint density at radius 1 is 1.00 bits per heavy atom. The lowest BCUT2D eigenvalue weighted by Gasteiger charge is -2.29. The Morgan fingerprint density at radius 2 is 1.70 bits per heavy atom. The first-order valence-corrected chi connectivity index (χ1v) is 6.62. The number of hydrogen-bond acceptors (Lipinski definition) is 4. The van der Waals surface area contributed by atoms with Crippen LogP contribution < -0.4 is 4.90 Å². The summed E-state index contributed by atoms with van der Waals surface area (Å²) in [4.78, 5) is 1.88. The molecule has 4 heteroatoms. The van der Waals surface area contributed by atoms with E-state index in [1.807, 2.05) is 42.2 Å². The zero-order valence-corrected chi connectivity index (χ0v) is 11.4. The van der Waals surface area contributed by atoms with E-state index in [4.69, 9.17) is 0 Å². The van der Waals surface area contributed by atoms with Crippen LogP contribution in [0.5, 0.6) is 11.5 Å². The van der Waals surface area contributed by atoms with Crippen LogP contribution in [0.2, 0.25) is 0 Å². The predicted octanol–water partition coefficient (Wildman–Crippen LogP) is 2.49. The minimum Gasteiger partial charge on any atom is -0.504 e. The van der Waals surface area contributed by atoms with Crippen LogP contribution in [0.3, 0.4) is 0 Å². The molecule has 0 saturated carbocycles. The first kappa shape index (κ1) is 14.2. The fraction of sp³-hybridized carbons (Fsp3) is 0.250. The summed E-state index contributed by atoms with van der Waals surface area (Å²) in [5.74, 6) is -0.323. The number of benzene rings is 2. The summed E-state index contributed by atoms with van der Waals surface area (Å²) in [6.45, 7) is 2.65. The Hall–Kier alpha value is -2.20. The minimum atomic E-state index is -0.689. The van der Waals surface area contributed by atoms with Crippen LogP contribution in [0.4, 0.5) is 5.69 Å². The minimum absolute atomic E-state index is 0.154. The highest BCUT2D eigenvalue weighted by Gasteiger charge is 2.15. The second kappa shape index (κ2) is 6.30. The third-order valence-corrected chi connectivity index (χ3v) is 3.25. The Morgan fingerprint density at radius 3 is 2.30 bits per heavy atom. The van der Waals surface area contributed by atoms with E-state index in [1.54, 1.807) is 6.07 Å². The molecular formula is C16H19NO3. The molecule has 2 aromatic carbocycles. The Bertz CT molecular complexity index is 557. The topological polar surface area (TPSA) is 63.9 Å². The molecular weight excluding hydrogens is 254 g/mol. The molecule has 0 bridgehead atoms. The molecule has 0 aliphatic carbocycles. The van der Waals surface area contributed by atoms with Gasteiger partial charge in [0, 0.05) is 18.7 Å². The SMILES string of the molecule is CCN(c1ccccc1)C(O)Cc1ccc(O)c(O)c1. The number of nitrogens with zero attached hydrogens (tertiary/aromatic N) is 1. The van der Waals surface area contributed by atoms with Crippen molar-refractivity contribution in [1.82, 2.24) is 0 Å². The lowest BCUT2D eigenvalue weighted by atomic mass is 10.1. The van der Waals surface area contributed by atoms with Crippen molar-refractivity contribution in [1.29, 1.82) is 0 Å². The highest BCUT2D eigenvalue weighted by molar-refractivity contribution is 5.47. The zero-order chi connectivity index (χ0) is 14.5. The molecule has 0 saturated heterocycles. The van der Waals surface area contributed by atoms with Gasteiger partial charge in [-0.2, -0.15) is 0 Å². The number of para-hydroxylation sites is 1. The molecule has 2 aromatic rings. The van der Waals surface area contributed by atoms with Gasteiger partial charge in [0.1, 0.15) is 6.23 Å². The zero-order valence-electron chi connectivity index (χ0n) is 11.4. The maximum absolute atomic E-state index is 10.4. The molecule has 1 atom stereocenters. The molecule has 0 heterocycles. The van der Waals surface area contributed by atoms with Crippen LogP contribution in [0.25, 0.3) is 0 Å². The van der Waals surface area contributed by atoms with Gasteiger partial charge in [-0.1, -0.05) is 24.3 Å². The van der Waals surface area contributed by atoms with Crippen molar-refractivity contribution >= 4 is 5.69 Å². The predicted molar refractivity (Wildman–Crippen MR) is 78.9 cm³/mol. The number of aliphatic hydroxyl groups excluding tert-OH is 1. The van der Waals surface area contributed by atoms with E-state index in [2.05, 4.69) is 0 Å². The summed E-state index contributed by atoms with van der Waals surface area (Å²) >= 11 is 0. The summed E-state index contributed by atoms with van der Waals surface area (Å²) in [6.07, 6.45) is -0.317. The van der Waals surface area contributed by atoms with E-state index in [0.717, 1.165) is 11.3 Å². The van der Waals surface area contributed by atoms with E-state index in [-0.39, 0.29) is 11.5 Å². The third-order valence-electron chi connectivity index (χ3n) is 3.25. The standard InChI is InChI=1S/C16H19NO3/c1-2-17(13-6-4-3-5-7-13)16(20)11-12-8-9-14(18)15(19)10-12/h3-10,16,18-20H,2,11H2,1H3. The second-order valence-electron chi connectivity index (χ2n) is 4.63. The van der Waals surface area contributed by atoms with Gasteiger partial charge >= 0.3 is 0 Å². The van der Waals surface area contributed by atoms with Crippen LogP contribution in [-0.2, 0) is 6.42 Å². The van der Waals surface area contributed by atoms with Gasteiger partial charge in [0.05, 0.1) is 0 Å². The molecule has 0 radical (unpaired) electrons. The van der Waals surface area contributed by atoms with E-state index in [9.17, 15) is 15.3 Å². The van der Waals surface area contributed by atoms with Gasteiger partial charge in [-0.3, -0.25) is 0 Å². The molecule has 0 spiro atoms. The highest BCUT2D eigenvalue weighted by Crippen LogP contribution is 2.26. The van der Waals surface area contributed by atoms with Gasteiger partial charge in [0.15, 0.2) is 11.5 Å². The average Bonchev–Trinajstić information content (AvgIpc) is 2.45. The van der Waals surface area contributed by atoms with Crippen molar-refractivity contribution in [2.75, 3.05) is 11.4 Å². The summed E-state index contributed by atoms with van der Waals surface area (Å²) in [5, 5.41) is 29.1. The molecule has 4 nitrogen and oxygen atoms in total. The van der Waals surface area contributed by atoms with E-state index in [0.29, 0.717) is 13.0 Å². The first-order valence-electron chi connectivity index (χ1n) is 6.62. The van der Waals surface area contributed by atoms with E-state index < -0.39 is 6.23 Å². The van der Waals surface area contributed by atoms with Crippen molar-refractivity contribution in [2.45, 2.75) is 19.6 Å². The van der Waals surface area contributed by atoms with Crippen molar-refractivity contribution in [3.63, 3.8) is 0 Å². The van der Waals surface area contributed by atoms with Crippen molar-refractivity contribution in [3.05, 3.63) is 54.1 Å². The van der Waals surface area contributed by atoms with Gasteiger partial charge in [0.25, 0.3) is 0 Å². The lowest BCUT2D eigenvalue weighted by molar-refractivity contribution is 0.170. The van der Waals surface area contributed by atoms with Gasteiger partial charge in [-0.15, -0.1) is 0 Å². The van der Waals surface area contributed by atoms with E-state index in [1.165, 1.54) is 12.1 Å². The largest absolute Gasteiger partial charge is 0.504 e. The number of likely N-dealkylation sites (N-methyl/N-ethyl adjacent to an activating group) is 1. The van der Waals surface area contributed by atoms with Crippen molar-refractivity contribution in [2.24, 2.45) is 0 Å². The van der Waals surface area contributed by atoms with Crippen LogP contribution in [0.1, 0.15) is 12.5 Å². The molecule has 0 aliphatic heterocycles. The molecule has 20 heavy (non-hydrogen) atoms. The monoisotopic (exact) mass is 273 g/mol. The number of phenolic OH excluding ortho intramolecular Hbond substituents is 2. The summed E-state index contributed by atoms with van der Waals surface area (Å²) in [6, 6.07) is 14.3.